The predicted molar refractivity (Wildman–Crippen MR) is 164 cm³/mol. The molecule has 11 heteroatoms. The number of phenols is 1. The maximum absolute atomic E-state index is 14.1. The van der Waals surface area contributed by atoms with E-state index in [0.717, 1.165) is 10.5 Å². The molecule has 0 fully saturated rings. The van der Waals surface area contributed by atoms with Gasteiger partial charge < -0.3 is 30.1 Å². The molecule has 3 N–H and O–H groups in total. The van der Waals surface area contributed by atoms with E-state index in [-0.39, 0.29) is 17.7 Å². The van der Waals surface area contributed by atoms with E-state index >= 15 is 0 Å². The van der Waals surface area contributed by atoms with Crippen molar-refractivity contribution in [1.29, 1.82) is 5.26 Å². The van der Waals surface area contributed by atoms with Crippen molar-refractivity contribution >= 4 is 23.9 Å². The van der Waals surface area contributed by atoms with Gasteiger partial charge in [0.2, 0.25) is 11.8 Å². The summed E-state index contributed by atoms with van der Waals surface area (Å²) in [4.78, 5) is 55.1. The summed E-state index contributed by atoms with van der Waals surface area (Å²) >= 11 is 0. The van der Waals surface area contributed by atoms with E-state index in [1.54, 1.807) is 91.8 Å². The summed E-state index contributed by atoms with van der Waals surface area (Å²) < 4.78 is 10.9. The maximum Gasteiger partial charge on any atom is 0.408 e. The first-order valence-electron chi connectivity index (χ1n) is 14.5. The number of nitrogens with zero attached hydrogens (tertiary/aromatic N) is 2. The number of aromatic hydroxyl groups is 1. The summed E-state index contributed by atoms with van der Waals surface area (Å²) in [6, 6.07) is 12.9. The molecule has 0 aliphatic heterocycles. The van der Waals surface area contributed by atoms with E-state index in [4.69, 9.17) is 9.47 Å². The summed E-state index contributed by atoms with van der Waals surface area (Å²) in [5, 5.41) is 25.8. The molecule has 44 heavy (non-hydrogen) atoms. The lowest BCUT2D eigenvalue weighted by Gasteiger charge is -2.35. The smallest absolute Gasteiger partial charge is 0.408 e. The molecule has 3 atom stereocenters. The van der Waals surface area contributed by atoms with Gasteiger partial charge in [-0.1, -0.05) is 62.4 Å². The molecule has 2 rings (SSSR count). The molecule has 0 aliphatic carbocycles. The molecule has 0 aliphatic rings. The number of carbonyl (C=O) groups excluding carboxylic acids is 4. The fourth-order valence-corrected chi connectivity index (χ4v) is 4.34. The monoisotopic (exact) mass is 608 g/mol. The van der Waals surface area contributed by atoms with E-state index < -0.39 is 65.7 Å². The summed E-state index contributed by atoms with van der Waals surface area (Å²) in [6.07, 6.45) is -0.770. The first-order chi connectivity index (χ1) is 20.4. The van der Waals surface area contributed by atoms with E-state index in [2.05, 4.69) is 10.6 Å². The number of amides is 3. The summed E-state index contributed by atoms with van der Waals surface area (Å²) in [7, 11) is 0. The molecular formula is C33H44N4O7. The second-order valence-corrected chi connectivity index (χ2v) is 12.7. The molecule has 11 nitrogen and oxygen atoms in total. The SMILES string of the molecule is CC(C)C(NC(=O)OC(C)(C)C)C(=O)N(CC#N)C(C(=O)NC(Cc1ccccc1)C(=O)OC(C)(C)C)c1ccccc1O. The molecule has 2 aromatic rings. The minimum absolute atomic E-state index is 0.0241. The molecule has 0 saturated carbocycles. The van der Waals surface area contributed by atoms with E-state index in [0.29, 0.717) is 0 Å². The Labute approximate surface area is 259 Å². The van der Waals surface area contributed by atoms with Crippen LogP contribution in [0.5, 0.6) is 5.75 Å². The first kappa shape index (κ1) is 35.6. The Morgan fingerprint density at radius 2 is 1.45 bits per heavy atom. The van der Waals surface area contributed by atoms with Crippen molar-refractivity contribution in [3.05, 3.63) is 65.7 Å². The number of alkyl carbamates (subject to hydrolysis) is 1. The molecule has 0 bridgehead atoms. The fraction of sp³-hybridized carbons (Fsp3) is 0.485. The van der Waals surface area contributed by atoms with Gasteiger partial charge in [0, 0.05) is 12.0 Å². The fourth-order valence-electron chi connectivity index (χ4n) is 4.34. The molecular weight excluding hydrogens is 564 g/mol. The van der Waals surface area contributed by atoms with Gasteiger partial charge in [-0.3, -0.25) is 9.59 Å². The molecule has 238 valence electrons. The number of hydrogen-bond acceptors (Lipinski definition) is 8. The third-order valence-corrected chi connectivity index (χ3v) is 6.21. The van der Waals surface area contributed by atoms with Gasteiger partial charge >= 0.3 is 12.1 Å². The third kappa shape index (κ3) is 10.9. The van der Waals surface area contributed by atoms with Crippen LogP contribution in [0.1, 0.15) is 72.6 Å². The van der Waals surface area contributed by atoms with Crippen LogP contribution in [0.3, 0.4) is 0 Å². The molecule has 3 unspecified atom stereocenters. The second kappa shape index (κ2) is 15.2. The zero-order chi connectivity index (χ0) is 33.2. The van der Waals surface area contributed by atoms with Gasteiger partial charge in [-0.25, -0.2) is 9.59 Å². The summed E-state index contributed by atoms with van der Waals surface area (Å²) in [6.45, 7) is 13.0. The lowest BCUT2D eigenvalue weighted by atomic mass is 9.97. The molecule has 0 aromatic heterocycles. The van der Waals surface area contributed by atoms with Crippen LogP contribution in [0.2, 0.25) is 0 Å². The Balaban J connectivity index is 2.58. The van der Waals surface area contributed by atoms with Crippen molar-refractivity contribution < 1.29 is 33.8 Å². The van der Waals surface area contributed by atoms with Crippen LogP contribution >= 0.6 is 0 Å². The number of carbonyl (C=O) groups is 4. The predicted octanol–water partition coefficient (Wildman–Crippen LogP) is 4.40. The Kier molecular flexibility index (Phi) is 12.3. The van der Waals surface area contributed by atoms with Crippen LogP contribution in [-0.2, 0) is 30.3 Å². The van der Waals surface area contributed by atoms with Crippen LogP contribution in [0, 0.1) is 17.2 Å². The van der Waals surface area contributed by atoms with Crippen molar-refractivity contribution in [3.8, 4) is 11.8 Å². The van der Waals surface area contributed by atoms with Crippen molar-refractivity contribution in [2.45, 2.75) is 91.1 Å². The zero-order valence-corrected chi connectivity index (χ0v) is 26.7. The average molecular weight is 609 g/mol. The highest BCUT2D eigenvalue weighted by Gasteiger charge is 2.40. The Morgan fingerprint density at radius 3 is 1.98 bits per heavy atom. The van der Waals surface area contributed by atoms with Crippen LogP contribution < -0.4 is 10.6 Å². The number of benzene rings is 2. The normalized spacial score (nSPS) is 13.5. The molecule has 2 aromatic carbocycles. The maximum atomic E-state index is 14.1. The van der Waals surface area contributed by atoms with Gasteiger partial charge in [0.1, 0.15) is 41.6 Å². The number of para-hydroxylation sites is 1. The van der Waals surface area contributed by atoms with Gasteiger partial charge in [0.15, 0.2) is 0 Å². The third-order valence-electron chi connectivity index (χ3n) is 6.21. The van der Waals surface area contributed by atoms with Crippen LogP contribution in [0.15, 0.2) is 54.6 Å². The number of nitrogens with one attached hydrogen (secondary N) is 2. The number of esters is 1. The quantitative estimate of drug-likeness (QED) is 0.250. The Bertz CT molecular complexity index is 1340. The summed E-state index contributed by atoms with van der Waals surface area (Å²) in [5.41, 5.74) is -0.923. The highest BCUT2D eigenvalue weighted by molar-refractivity contribution is 5.94. The number of phenolic OH excluding ortho intramolecular Hbond substituents is 1. The van der Waals surface area contributed by atoms with Gasteiger partial charge in [0.25, 0.3) is 0 Å². The van der Waals surface area contributed by atoms with Gasteiger partial charge in [-0.05, 0) is 59.1 Å². The average Bonchev–Trinajstić information content (AvgIpc) is 2.90. The minimum Gasteiger partial charge on any atom is -0.508 e. The number of hydrogen-bond donors (Lipinski definition) is 3. The van der Waals surface area contributed by atoms with Crippen molar-refractivity contribution in [2.75, 3.05) is 6.54 Å². The standard InChI is InChI=1S/C33H44N4O7/c1-21(2)26(36-31(42)44-33(6,7)8)29(40)37(19-18-34)27(23-16-12-13-17-25(23)38)28(39)35-24(30(41)43-32(3,4)5)20-22-14-10-9-11-15-22/h9-17,21,24,26-27,38H,19-20H2,1-8H3,(H,35,39)(H,36,42). The van der Waals surface area contributed by atoms with Crippen LogP contribution in [0.4, 0.5) is 4.79 Å². The Hall–Kier alpha value is -4.59. The molecule has 0 spiro atoms. The zero-order valence-electron chi connectivity index (χ0n) is 26.7. The minimum atomic E-state index is -1.55. The number of rotatable bonds is 11. The van der Waals surface area contributed by atoms with Gasteiger partial charge in [-0.15, -0.1) is 0 Å². The highest BCUT2D eigenvalue weighted by atomic mass is 16.6. The van der Waals surface area contributed by atoms with E-state index in [1.165, 1.54) is 12.1 Å². The highest BCUT2D eigenvalue weighted by Crippen LogP contribution is 2.30. The molecule has 3 amide bonds. The van der Waals surface area contributed by atoms with E-state index in [1.807, 2.05) is 12.1 Å². The van der Waals surface area contributed by atoms with Gasteiger partial charge in [0.05, 0.1) is 6.07 Å². The molecule has 0 radical (unpaired) electrons. The van der Waals surface area contributed by atoms with Crippen molar-refractivity contribution in [3.63, 3.8) is 0 Å². The molecule has 0 saturated heterocycles. The van der Waals surface area contributed by atoms with E-state index in [9.17, 15) is 29.5 Å². The van der Waals surface area contributed by atoms with Crippen molar-refractivity contribution in [1.82, 2.24) is 15.5 Å². The first-order valence-corrected chi connectivity index (χ1v) is 14.5. The summed E-state index contributed by atoms with van der Waals surface area (Å²) in [5.74, 6) is -3.07. The van der Waals surface area contributed by atoms with Crippen LogP contribution in [0.25, 0.3) is 0 Å². The largest absolute Gasteiger partial charge is 0.508 e. The molecule has 0 heterocycles. The van der Waals surface area contributed by atoms with Crippen LogP contribution in [-0.4, -0.2) is 63.7 Å². The number of nitriles is 1. The topological polar surface area (TPSA) is 158 Å². The lowest BCUT2D eigenvalue weighted by molar-refractivity contribution is -0.159. The lowest BCUT2D eigenvalue weighted by Crippen LogP contribution is -2.56. The van der Waals surface area contributed by atoms with Crippen molar-refractivity contribution in [2.24, 2.45) is 5.92 Å². The van der Waals surface area contributed by atoms with Gasteiger partial charge in [-0.2, -0.15) is 5.26 Å². The second-order valence-electron chi connectivity index (χ2n) is 12.7. The Morgan fingerprint density at radius 1 is 0.886 bits per heavy atom. The number of ether oxygens (including phenoxy) is 2.